The Morgan fingerprint density at radius 1 is 0.692 bits per heavy atom. The van der Waals surface area contributed by atoms with Crippen molar-refractivity contribution in [3.05, 3.63) is 76.4 Å². The van der Waals surface area contributed by atoms with Gasteiger partial charge in [0, 0.05) is 5.41 Å². The smallest absolute Gasteiger partial charge is 0.0279 e. The van der Waals surface area contributed by atoms with Gasteiger partial charge in [0.25, 0.3) is 0 Å². The quantitative estimate of drug-likeness (QED) is 0.487. The molecule has 0 bridgehead atoms. The normalized spacial score (nSPS) is 24.2. The van der Waals surface area contributed by atoms with Crippen LogP contribution in [0.25, 0.3) is 5.57 Å². The van der Waals surface area contributed by atoms with Crippen LogP contribution in [0.2, 0.25) is 0 Å². The van der Waals surface area contributed by atoms with E-state index in [2.05, 4.69) is 76.2 Å². The number of benzene rings is 2. The van der Waals surface area contributed by atoms with Crippen molar-refractivity contribution in [1.29, 1.82) is 0 Å². The predicted octanol–water partition coefficient (Wildman–Crippen LogP) is 6.92. The van der Waals surface area contributed by atoms with Gasteiger partial charge in [-0.15, -0.1) is 0 Å². The van der Waals surface area contributed by atoms with Crippen molar-refractivity contribution >= 4 is 5.57 Å². The second kappa shape index (κ2) is 5.12. The number of hydrogen-bond donors (Lipinski definition) is 0. The Kier molecular flexibility index (Phi) is 3.22. The zero-order chi connectivity index (χ0) is 18.2. The predicted molar refractivity (Wildman–Crippen MR) is 110 cm³/mol. The van der Waals surface area contributed by atoms with Crippen LogP contribution < -0.4 is 0 Å². The van der Waals surface area contributed by atoms with Crippen molar-refractivity contribution < 1.29 is 0 Å². The molecule has 0 aliphatic heterocycles. The van der Waals surface area contributed by atoms with Crippen molar-refractivity contribution in [2.75, 3.05) is 0 Å². The zero-order valence-corrected chi connectivity index (χ0v) is 16.7. The molecule has 0 N–H and O–H groups in total. The fourth-order valence-electron chi connectivity index (χ4n) is 7.21. The molecule has 0 heteroatoms. The molecule has 0 radical (unpaired) electrons. The van der Waals surface area contributed by atoms with Crippen molar-refractivity contribution in [3.63, 3.8) is 0 Å². The molecule has 1 spiro atoms. The summed E-state index contributed by atoms with van der Waals surface area (Å²) in [6.07, 6.45) is 6.40. The van der Waals surface area contributed by atoms with Crippen LogP contribution >= 0.6 is 0 Å². The molecule has 1 saturated carbocycles. The van der Waals surface area contributed by atoms with Crippen LogP contribution in [0.1, 0.15) is 75.6 Å². The van der Waals surface area contributed by atoms with E-state index >= 15 is 0 Å². The van der Waals surface area contributed by atoms with Crippen LogP contribution in [-0.2, 0) is 11.8 Å². The first-order valence-electron chi connectivity index (χ1n) is 10.3. The van der Waals surface area contributed by atoms with E-state index < -0.39 is 0 Å². The Bertz CT molecular complexity index is 907. The lowest BCUT2D eigenvalue weighted by atomic mass is 9.43. The minimum Gasteiger partial charge on any atom is -0.0620 e. The largest absolute Gasteiger partial charge is 0.0620 e. The summed E-state index contributed by atoms with van der Waals surface area (Å²) in [5.41, 5.74) is 10.2. The molecule has 2 aromatic rings. The maximum absolute atomic E-state index is 2.54. The van der Waals surface area contributed by atoms with E-state index in [9.17, 15) is 0 Å². The van der Waals surface area contributed by atoms with E-state index in [-0.39, 0.29) is 16.2 Å². The first-order chi connectivity index (χ1) is 12.4. The van der Waals surface area contributed by atoms with Gasteiger partial charge in [-0.05, 0) is 69.9 Å². The molecule has 3 aliphatic rings. The van der Waals surface area contributed by atoms with Gasteiger partial charge in [0.1, 0.15) is 0 Å². The zero-order valence-electron chi connectivity index (χ0n) is 16.7. The Labute approximate surface area is 158 Å². The minimum atomic E-state index is 0.164. The maximum Gasteiger partial charge on any atom is 0.0279 e. The lowest BCUT2D eigenvalue weighted by molar-refractivity contribution is 0.00272. The highest BCUT2D eigenvalue weighted by Crippen LogP contribution is 2.70. The highest BCUT2D eigenvalue weighted by Gasteiger charge is 2.63. The topological polar surface area (TPSA) is 0 Å². The Hall–Kier alpha value is -1.82. The molecule has 2 aromatic carbocycles. The monoisotopic (exact) mass is 342 g/mol. The molecule has 0 amide bonds. The maximum atomic E-state index is 2.54. The molecule has 0 aromatic heterocycles. The summed E-state index contributed by atoms with van der Waals surface area (Å²) in [4.78, 5) is 0. The highest BCUT2D eigenvalue weighted by molar-refractivity contribution is 5.93. The van der Waals surface area contributed by atoms with Crippen molar-refractivity contribution in [1.82, 2.24) is 0 Å². The lowest BCUT2D eigenvalue weighted by Gasteiger charge is -2.60. The lowest BCUT2D eigenvalue weighted by Crippen LogP contribution is -2.55. The third-order valence-electron chi connectivity index (χ3n) is 7.92. The van der Waals surface area contributed by atoms with Gasteiger partial charge in [0.05, 0.1) is 0 Å². The molecule has 0 saturated heterocycles. The van der Waals surface area contributed by atoms with E-state index in [0.29, 0.717) is 0 Å². The molecular weight excluding hydrogens is 312 g/mol. The summed E-state index contributed by atoms with van der Waals surface area (Å²) in [5.74, 6) is 0. The molecule has 0 heterocycles. The first-order valence-corrected chi connectivity index (χ1v) is 10.3. The Morgan fingerprint density at radius 2 is 1.31 bits per heavy atom. The van der Waals surface area contributed by atoms with Gasteiger partial charge in [0.15, 0.2) is 0 Å². The summed E-state index contributed by atoms with van der Waals surface area (Å²) in [7, 11) is 0. The van der Waals surface area contributed by atoms with Gasteiger partial charge in [-0.3, -0.25) is 0 Å². The number of fused-ring (bicyclic) bond motifs is 6. The van der Waals surface area contributed by atoms with Crippen LogP contribution in [0.5, 0.6) is 0 Å². The second-order valence-corrected chi connectivity index (χ2v) is 9.93. The summed E-state index contributed by atoms with van der Waals surface area (Å²) in [6.45, 7) is 10.2. The third kappa shape index (κ3) is 1.76. The van der Waals surface area contributed by atoms with Gasteiger partial charge >= 0.3 is 0 Å². The van der Waals surface area contributed by atoms with E-state index in [4.69, 9.17) is 0 Å². The molecule has 0 atom stereocenters. The molecule has 1 fully saturated rings. The molecule has 26 heavy (non-hydrogen) atoms. The molecule has 134 valence electrons. The van der Waals surface area contributed by atoms with Crippen molar-refractivity contribution in [2.45, 2.75) is 65.2 Å². The Morgan fingerprint density at radius 3 is 2.04 bits per heavy atom. The average molecular weight is 343 g/mol. The molecule has 5 rings (SSSR count). The van der Waals surface area contributed by atoms with E-state index in [1.165, 1.54) is 48.8 Å². The van der Waals surface area contributed by atoms with Crippen LogP contribution in [-0.4, -0.2) is 0 Å². The van der Waals surface area contributed by atoms with Gasteiger partial charge in [0.2, 0.25) is 0 Å². The minimum absolute atomic E-state index is 0.164. The molecule has 0 nitrogen and oxygen atoms in total. The SMILES string of the molecule is CC1(C)CCCC(C)(C)C12C1=C(c3ccccc3CC1)c1ccccc12. The third-order valence-corrected chi connectivity index (χ3v) is 7.92. The van der Waals surface area contributed by atoms with E-state index in [0.717, 1.165) is 0 Å². The summed E-state index contributed by atoms with van der Waals surface area (Å²) < 4.78 is 0. The standard InChI is InChI=1S/C26H30/c1-24(2)16-9-17-25(3,4)26(24)21-13-8-7-12-20(21)23-19-11-6-5-10-18(19)14-15-22(23)26/h5-8,10-13H,9,14-17H2,1-4H3. The fraction of sp³-hybridized carbons (Fsp3) is 0.462. The van der Waals surface area contributed by atoms with Crippen LogP contribution in [0.3, 0.4) is 0 Å². The fourth-order valence-corrected chi connectivity index (χ4v) is 7.21. The molecule has 0 unspecified atom stereocenters. The highest BCUT2D eigenvalue weighted by atomic mass is 14.7. The molecular formula is C26H30. The first kappa shape index (κ1) is 16.4. The van der Waals surface area contributed by atoms with E-state index in [1.54, 1.807) is 16.7 Å². The van der Waals surface area contributed by atoms with Crippen molar-refractivity contribution in [3.8, 4) is 0 Å². The summed E-state index contributed by atoms with van der Waals surface area (Å²) >= 11 is 0. The number of hydrogen-bond acceptors (Lipinski definition) is 0. The second-order valence-electron chi connectivity index (χ2n) is 9.93. The summed E-state index contributed by atoms with van der Waals surface area (Å²) in [5, 5.41) is 0. The van der Waals surface area contributed by atoms with Crippen LogP contribution in [0.15, 0.2) is 54.1 Å². The van der Waals surface area contributed by atoms with Gasteiger partial charge < -0.3 is 0 Å². The molecule has 3 aliphatic carbocycles. The average Bonchev–Trinajstić information content (AvgIpc) is 2.93. The van der Waals surface area contributed by atoms with Crippen LogP contribution in [0, 0.1) is 10.8 Å². The Balaban J connectivity index is 1.92. The van der Waals surface area contributed by atoms with Gasteiger partial charge in [-0.1, -0.05) is 82.6 Å². The number of aryl methyl sites for hydroxylation is 1. The van der Waals surface area contributed by atoms with Crippen molar-refractivity contribution in [2.24, 2.45) is 10.8 Å². The number of rotatable bonds is 0. The van der Waals surface area contributed by atoms with Gasteiger partial charge in [-0.2, -0.15) is 0 Å². The number of allylic oxidation sites excluding steroid dienone is 1. The van der Waals surface area contributed by atoms with Gasteiger partial charge in [-0.25, -0.2) is 0 Å². The van der Waals surface area contributed by atoms with E-state index in [1.807, 2.05) is 0 Å². The van der Waals surface area contributed by atoms with Crippen LogP contribution in [0.4, 0.5) is 0 Å². The summed E-state index contributed by atoms with van der Waals surface area (Å²) in [6, 6.07) is 18.5.